The molecule has 0 fully saturated rings. The van der Waals surface area contributed by atoms with E-state index < -0.39 is 0 Å². The van der Waals surface area contributed by atoms with Crippen molar-refractivity contribution in [1.29, 1.82) is 5.26 Å². The minimum atomic E-state index is 0.490. The summed E-state index contributed by atoms with van der Waals surface area (Å²) in [5.74, 6) is 0. The first kappa shape index (κ1) is 11.4. The second kappa shape index (κ2) is 4.21. The molecule has 1 aromatic carbocycles. The third kappa shape index (κ3) is 1.85. The number of hydrogen-bond acceptors (Lipinski definition) is 3. The van der Waals surface area contributed by atoms with Crippen molar-refractivity contribution in [1.82, 2.24) is 14.6 Å². The van der Waals surface area contributed by atoms with E-state index in [1.54, 1.807) is 4.52 Å². The van der Waals surface area contributed by atoms with Crippen LogP contribution in [0.25, 0.3) is 16.9 Å². The minimum Gasteiger partial charge on any atom is -0.231 e. The molecular weight excluding hydrogens is 236 g/mol. The Kier molecular flexibility index (Phi) is 2.53. The average molecular weight is 248 g/mol. The molecule has 0 unspecified atom stereocenters. The van der Waals surface area contributed by atoms with Crippen LogP contribution in [0, 0.1) is 25.2 Å². The van der Waals surface area contributed by atoms with Gasteiger partial charge in [0, 0.05) is 5.56 Å². The topological polar surface area (TPSA) is 54.0 Å². The Morgan fingerprint density at radius 1 is 1.05 bits per heavy atom. The van der Waals surface area contributed by atoms with Crippen molar-refractivity contribution in [3.8, 4) is 17.3 Å². The normalized spacial score (nSPS) is 10.6. The zero-order valence-corrected chi connectivity index (χ0v) is 10.8. The van der Waals surface area contributed by atoms with Gasteiger partial charge in [0.1, 0.15) is 6.07 Å². The number of aryl methyl sites for hydroxylation is 2. The highest BCUT2D eigenvalue weighted by molar-refractivity contribution is 5.61. The zero-order chi connectivity index (χ0) is 13.4. The summed E-state index contributed by atoms with van der Waals surface area (Å²) < 4.78 is 1.60. The summed E-state index contributed by atoms with van der Waals surface area (Å²) in [7, 11) is 0. The Balaban J connectivity index is 2.21. The molecule has 3 aromatic rings. The fourth-order valence-corrected chi connectivity index (χ4v) is 2.05. The van der Waals surface area contributed by atoms with E-state index in [2.05, 4.69) is 16.2 Å². The van der Waals surface area contributed by atoms with Gasteiger partial charge >= 0.3 is 0 Å². The third-order valence-electron chi connectivity index (χ3n) is 3.11. The Morgan fingerprint density at radius 2 is 1.79 bits per heavy atom. The standard InChI is InChI=1S/C15H12N4/c1-10-3-5-12(6-4-10)13-7-8-15-17-11(2)14(9-16)19(15)18-13/h3-8H,1-2H3. The Labute approximate surface area is 111 Å². The van der Waals surface area contributed by atoms with Crippen LogP contribution in [0.3, 0.4) is 0 Å². The van der Waals surface area contributed by atoms with Crippen LogP contribution in [-0.2, 0) is 0 Å². The predicted octanol–water partition coefficient (Wildman–Crippen LogP) is 2.88. The van der Waals surface area contributed by atoms with Gasteiger partial charge in [-0.15, -0.1) is 0 Å². The molecule has 2 heterocycles. The first-order chi connectivity index (χ1) is 9.19. The van der Waals surface area contributed by atoms with Crippen molar-refractivity contribution in [3.05, 3.63) is 53.3 Å². The summed E-state index contributed by atoms with van der Waals surface area (Å²) >= 11 is 0. The maximum atomic E-state index is 9.15. The first-order valence-electron chi connectivity index (χ1n) is 6.02. The van der Waals surface area contributed by atoms with E-state index in [1.807, 2.05) is 50.2 Å². The molecule has 4 nitrogen and oxygen atoms in total. The van der Waals surface area contributed by atoms with Crippen molar-refractivity contribution in [2.75, 3.05) is 0 Å². The fraction of sp³-hybridized carbons (Fsp3) is 0.133. The lowest BCUT2D eigenvalue weighted by molar-refractivity contribution is 0.924. The Morgan fingerprint density at radius 3 is 2.47 bits per heavy atom. The number of rotatable bonds is 1. The molecule has 92 valence electrons. The maximum Gasteiger partial charge on any atom is 0.165 e. The molecule has 0 bridgehead atoms. The molecule has 0 spiro atoms. The van der Waals surface area contributed by atoms with Crippen LogP contribution in [0.4, 0.5) is 0 Å². The first-order valence-corrected chi connectivity index (χ1v) is 6.02. The quantitative estimate of drug-likeness (QED) is 0.665. The maximum absolute atomic E-state index is 9.15. The molecule has 0 aliphatic heterocycles. The Bertz CT molecular complexity index is 791. The highest BCUT2D eigenvalue weighted by atomic mass is 15.3. The summed E-state index contributed by atoms with van der Waals surface area (Å²) in [6.45, 7) is 3.87. The lowest BCUT2D eigenvalue weighted by Gasteiger charge is -2.02. The second-order valence-corrected chi connectivity index (χ2v) is 4.51. The molecule has 4 heteroatoms. The molecule has 2 aromatic heterocycles. The summed E-state index contributed by atoms with van der Waals surface area (Å²) in [5.41, 5.74) is 4.97. The van der Waals surface area contributed by atoms with E-state index in [0.717, 1.165) is 11.3 Å². The van der Waals surface area contributed by atoms with Crippen LogP contribution in [0.5, 0.6) is 0 Å². The van der Waals surface area contributed by atoms with E-state index >= 15 is 0 Å². The predicted molar refractivity (Wildman–Crippen MR) is 72.6 cm³/mol. The van der Waals surface area contributed by atoms with Gasteiger partial charge in [-0.05, 0) is 26.0 Å². The van der Waals surface area contributed by atoms with E-state index in [4.69, 9.17) is 5.26 Å². The van der Waals surface area contributed by atoms with Crippen molar-refractivity contribution >= 4 is 5.65 Å². The van der Waals surface area contributed by atoms with Crippen LogP contribution in [-0.4, -0.2) is 14.6 Å². The number of nitriles is 1. The number of imidazole rings is 1. The largest absolute Gasteiger partial charge is 0.231 e. The highest BCUT2D eigenvalue weighted by Gasteiger charge is 2.10. The number of aromatic nitrogens is 3. The summed E-state index contributed by atoms with van der Waals surface area (Å²) in [6, 6.07) is 14.1. The minimum absolute atomic E-state index is 0.490. The second-order valence-electron chi connectivity index (χ2n) is 4.51. The molecule has 0 amide bonds. The molecule has 0 N–H and O–H groups in total. The molecule has 0 aliphatic carbocycles. The molecule has 0 atom stereocenters. The molecule has 0 saturated heterocycles. The molecule has 19 heavy (non-hydrogen) atoms. The van der Waals surface area contributed by atoms with E-state index in [9.17, 15) is 0 Å². The molecular formula is C15H12N4. The van der Waals surface area contributed by atoms with Gasteiger partial charge in [-0.25, -0.2) is 9.50 Å². The summed E-state index contributed by atoms with van der Waals surface area (Å²) in [6.07, 6.45) is 0. The molecule has 0 aliphatic rings. The van der Waals surface area contributed by atoms with E-state index in [0.29, 0.717) is 17.0 Å². The SMILES string of the molecule is Cc1ccc(-c2ccc3nc(C)c(C#N)n3n2)cc1. The number of nitrogens with zero attached hydrogens (tertiary/aromatic N) is 4. The molecule has 0 saturated carbocycles. The van der Waals surface area contributed by atoms with Crippen molar-refractivity contribution in [2.24, 2.45) is 0 Å². The highest BCUT2D eigenvalue weighted by Crippen LogP contribution is 2.19. The lowest BCUT2D eigenvalue weighted by Crippen LogP contribution is -1.97. The van der Waals surface area contributed by atoms with Gasteiger partial charge < -0.3 is 0 Å². The van der Waals surface area contributed by atoms with Crippen LogP contribution in [0.1, 0.15) is 17.0 Å². The number of hydrogen-bond donors (Lipinski definition) is 0. The average Bonchev–Trinajstić information content (AvgIpc) is 2.74. The summed E-state index contributed by atoms with van der Waals surface area (Å²) in [5, 5.41) is 13.7. The fourth-order valence-electron chi connectivity index (χ4n) is 2.05. The number of fused-ring (bicyclic) bond motifs is 1. The van der Waals surface area contributed by atoms with E-state index in [1.165, 1.54) is 5.56 Å². The van der Waals surface area contributed by atoms with Crippen LogP contribution in [0.2, 0.25) is 0 Å². The molecule has 3 rings (SSSR count). The van der Waals surface area contributed by atoms with Crippen LogP contribution >= 0.6 is 0 Å². The smallest absolute Gasteiger partial charge is 0.165 e. The molecule has 0 radical (unpaired) electrons. The van der Waals surface area contributed by atoms with Crippen LogP contribution < -0.4 is 0 Å². The van der Waals surface area contributed by atoms with Gasteiger partial charge in [-0.3, -0.25) is 0 Å². The van der Waals surface area contributed by atoms with Gasteiger partial charge in [0.2, 0.25) is 0 Å². The van der Waals surface area contributed by atoms with E-state index in [-0.39, 0.29) is 0 Å². The van der Waals surface area contributed by atoms with Crippen molar-refractivity contribution in [2.45, 2.75) is 13.8 Å². The van der Waals surface area contributed by atoms with Crippen molar-refractivity contribution < 1.29 is 0 Å². The Hall–Kier alpha value is -2.67. The monoisotopic (exact) mass is 248 g/mol. The lowest BCUT2D eigenvalue weighted by atomic mass is 10.1. The van der Waals surface area contributed by atoms with Gasteiger partial charge in [-0.1, -0.05) is 29.8 Å². The van der Waals surface area contributed by atoms with Gasteiger partial charge in [0.05, 0.1) is 11.4 Å². The summed E-state index contributed by atoms with van der Waals surface area (Å²) in [4.78, 5) is 4.31. The van der Waals surface area contributed by atoms with Gasteiger partial charge in [-0.2, -0.15) is 10.4 Å². The van der Waals surface area contributed by atoms with Crippen LogP contribution in [0.15, 0.2) is 36.4 Å². The number of benzene rings is 1. The van der Waals surface area contributed by atoms with Gasteiger partial charge in [0.25, 0.3) is 0 Å². The van der Waals surface area contributed by atoms with Gasteiger partial charge in [0.15, 0.2) is 11.3 Å². The zero-order valence-electron chi connectivity index (χ0n) is 10.8. The van der Waals surface area contributed by atoms with Crippen molar-refractivity contribution in [3.63, 3.8) is 0 Å². The third-order valence-corrected chi connectivity index (χ3v) is 3.11.